The van der Waals surface area contributed by atoms with Gasteiger partial charge in [-0.3, -0.25) is 0 Å². The second kappa shape index (κ2) is 7.34. The van der Waals surface area contributed by atoms with Gasteiger partial charge in [0.05, 0.1) is 0 Å². The van der Waals surface area contributed by atoms with E-state index in [-0.39, 0.29) is 10.1 Å². The molecule has 6 nitrogen and oxygen atoms in total. The van der Waals surface area contributed by atoms with Gasteiger partial charge in [0.15, 0.2) is 0 Å². The molecule has 1 unspecified atom stereocenters. The van der Waals surface area contributed by atoms with E-state index in [1.165, 1.54) is 0 Å². The number of carbonyl (C=O) groups excluding carboxylic acids is 1. The summed E-state index contributed by atoms with van der Waals surface area (Å²) < 4.78 is 6.60. The van der Waals surface area contributed by atoms with Crippen LogP contribution in [0.2, 0.25) is 4.20 Å². The average molecular weight is 440 g/mol. The molecular weight excluding hydrogens is 415 g/mol. The first-order valence-corrected chi connectivity index (χ1v) is 11.5. The number of para-hydroxylation sites is 1. The van der Waals surface area contributed by atoms with Crippen molar-refractivity contribution < 1.29 is 9.53 Å². The molecular formula is C21H25AsN4O2. The number of benzene rings is 1. The SMILES string of the molecule is COCC(C)(C)[AsH]c1nc2c(-c3cc4c([nH]3)CCNC4=O)cccc2nc1C. The van der Waals surface area contributed by atoms with E-state index in [1.54, 1.807) is 7.11 Å². The third-order valence-corrected chi connectivity index (χ3v) is 8.14. The van der Waals surface area contributed by atoms with E-state index in [1.807, 2.05) is 31.2 Å². The van der Waals surface area contributed by atoms with Crippen LogP contribution in [0.3, 0.4) is 0 Å². The van der Waals surface area contributed by atoms with Crippen LogP contribution in [-0.4, -0.2) is 56.9 Å². The van der Waals surface area contributed by atoms with Crippen molar-refractivity contribution in [3.8, 4) is 11.3 Å². The number of nitrogens with one attached hydrogen (secondary N) is 2. The van der Waals surface area contributed by atoms with E-state index >= 15 is 0 Å². The van der Waals surface area contributed by atoms with Crippen molar-refractivity contribution in [2.24, 2.45) is 0 Å². The van der Waals surface area contributed by atoms with Gasteiger partial charge in [-0.25, -0.2) is 0 Å². The molecule has 3 aromatic rings. The van der Waals surface area contributed by atoms with Crippen LogP contribution in [0.1, 0.15) is 35.6 Å². The van der Waals surface area contributed by atoms with Gasteiger partial charge < -0.3 is 0 Å². The van der Waals surface area contributed by atoms with E-state index in [2.05, 4.69) is 24.1 Å². The molecule has 4 rings (SSSR count). The van der Waals surface area contributed by atoms with Crippen molar-refractivity contribution in [3.63, 3.8) is 0 Å². The molecule has 0 aliphatic carbocycles. The van der Waals surface area contributed by atoms with Gasteiger partial charge in [-0.15, -0.1) is 0 Å². The van der Waals surface area contributed by atoms with E-state index in [0.717, 1.165) is 50.1 Å². The number of aromatic nitrogens is 3. The Bertz CT molecular complexity index is 1060. The molecule has 0 spiro atoms. The Labute approximate surface area is 171 Å². The number of ether oxygens (including phenoxy) is 1. The first-order chi connectivity index (χ1) is 13.4. The number of aryl methyl sites for hydroxylation is 1. The summed E-state index contributed by atoms with van der Waals surface area (Å²) in [6.07, 6.45) is 0.819. The first-order valence-electron chi connectivity index (χ1n) is 9.43. The molecule has 0 radical (unpaired) electrons. The molecule has 0 bridgehead atoms. The minimum absolute atomic E-state index is 0.0143. The predicted octanol–water partition coefficient (Wildman–Crippen LogP) is 2.13. The summed E-state index contributed by atoms with van der Waals surface area (Å²) in [7, 11) is 1.74. The molecule has 1 amide bonds. The summed E-state index contributed by atoms with van der Waals surface area (Å²) in [6, 6.07) is 7.98. The summed E-state index contributed by atoms with van der Waals surface area (Å²) in [6.45, 7) is 7.88. The summed E-state index contributed by atoms with van der Waals surface area (Å²) in [5, 5.41) is 2.90. The zero-order valence-corrected chi connectivity index (χ0v) is 18.7. The van der Waals surface area contributed by atoms with Crippen molar-refractivity contribution >= 4 is 37.2 Å². The van der Waals surface area contributed by atoms with E-state index in [4.69, 9.17) is 14.7 Å². The number of carbonyl (C=O) groups is 1. The summed E-state index contributed by atoms with van der Waals surface area (Å²) in [5.41, 5.74) is 6.40. The molecule has 1 aliphatic rings. The Balaban J connectivity index is 1.82. The fraction of sp³-hybridized carbons (Fsp3) is 0.381. The van der Waals surface area contributed by atoms with Gasteiger partial charge in [0.2, 0.25) is 0 Å². The molecule has 0 fully saturated rings. The van der Waals surface area contributed by atoms with Crippen molar-refractivity contribution in [3.05, 3.63) is 41.2 Å². The van der Waals surface area contributed by atoms with Gasteiger partial charge >= 0.3 is 171 Å². The molecule has 0 saturated heterocycles. The third-order valence-electron chi connectivity index (χ3n) is 4.93. The topological polar surface area (TPSA) is 79.9 Å². The van der Waals surface area contributed by atoms with Gasteiger partial charge in [-0.05, 0) is 0 Å². The summed E-state index contributed by atoms with van der Waals surface area (Å²) in [4.78, 5) is 25.5. The van der Waals surface area contributed by atoms with Crippen molar-refractivity contribution in [1.82, 2.24) is 20.3 Å². The van der Waals surface area contributed by atoms with Gasteiger partial charge in [0, 0.05) is 0 Å². The standard InChI is InChI=1S/C21H25AsN4O2/c1-12-19(22-21(2,3)11-28-4)26-18-13(6-5-7-16(18)24-12)17-10-14-15(25-17)8-9-23-20(14)27/h5-7,10,22,25H,8-9,11H2,1-4H3,(H,23,27). The Morgan fingerprint density at radius 3 is 2.82 bits per heavy atom. The van der Waals surface area contributed by atoms with Crippen molar-refractivity contribution in [1.29, 1.82) is 0 Å². The Kier molecular flexibility index (Phi) is 5.02. The monoisotopic (exact) mass is 440 g/mol. The number of nitrogens with zero attached hydrogens (tertiary/aromatic N) is 2. The molecule has 0 saturated carbocycles. The average Bonchev–Trinajstić information content (AvgIpc) is 3.07. The molecule has 146 valence electrons. The number of H-pyrrole nitrogens is 1. The van der Waals surface area contributed by atoms with Gasteiger partial charge in [0.25, 0.3) is 0 Å². The van der Waals surface area contributed by atoms with Crippen LogP contribution in [0.15, 0.2) is 24.3 Å². The van der Waals surface area contributed by atoms with Crippen LogP contribution in [0.5, 0.6) is 0 Å². The number of fused-ring (bicyclic) bond motifs is 2. The number of rotatable bonds is 5. The molecule has 1 atom stereocenters. The summed E-state index contributed by atoms with van der Waals surface area (Å²) >= 11 is -0.543. The van der Waals surface area contributed by atoms with Crippen molar-refractivity contribution in [2.75, 3.05) is 20.3 Å². The van der Waals surface area contributed by atoms with Crippen LogP contribution in [0.4, 0.5) is 0 Å². The van der Waals surface area contributed by atoms with Gasteiger partial charge in [-0.2, -0.15) is 0 Å². The van der Waals surface area contributed by atoms with Crippen LogP contribution >= 0.6 is 0 Å². The molecule has 3 heterocycles. The number of amides is 1. The number of aromatic amines is 1. The number of hydrogen-bond donors (Lipinski definition) is 2. The fourth-order valence-electron chi connectivity index (χ4n) is 3.66. The molecule has 2 N–H and O–H groups in total. The quantitative estimate of drug-likeness (QED) is 0.596. The maximum atomic E-state index is 12.1. The summed E-state index contributed by atoms with van der Waals surface area (Å²) in [5.74, 6) is -0.0143. The fourth-order valence-corrected chi connectivity index (χ4v) is 6.31. The van der Waals surface area contributed by atoms with E-state index < -0.39 is 15.8 Å². The molecule has 1 aromatic carbocycles. The van der Waals surface area contributed by atoms with E-state index in [9.17, 15) is 4.79 Å². The third kappa shape index (κ3) is 3.59. The zero-order valence-electron chi connectivity index (χ0n) is 16.6. The van der Waals surface area contributed by atoms with Crippen LogP contribution in [0, 0.1) is 6.92 Å². The second-order valence-electron chi connectivity index (χ2n) is 7.85. The first kappa shape index (κ1) is 19.2. The molecule has 28 heavy (non-hydrogen) atoms. The minimum atomic E-state index is -0.543. The van der Waals surface area contributed by atoms with Crippen molar-refractivity contribution in [2.45, 2.75) is 31.4 Å². The molecule has 2 aromatic heterocycles. The van der Waals surface area contributed by atoms with Crippen LogP contribution < -0.4 is 9.80 Å². The molecule has 7 heteroatoms. The Hall–Kier alpha value is -2.17. The normalized spacial score (nSPS) is 14.6. The van der Waals surface area contributed by atoms with Gasteiger partial charge in [0.1, 0.15) is 0 Å². The predicted molar refractivity (Wildman–Crippen MR) is 113 cm³/mol. The number of hydrogen-bond acceptors (Lipinski definition) is 4. The van der Waals surface area contributed by atoms with Crippen LogP contribution in [0.25, 0.3) is 22.3 Å². The van der Waals surface area contributed by atoms with Gasteiger partial charge in [-0.1, -0.05) is 0 Å². The second-order valence-corrected chi connectivity index (χ2v) is 12.2. The Morgan fingerprint density at radius 2 is 2.07 bits per heavy atom. The van der Waals surface area contributed by atoms with Crippen LogP contribution in [-0.2, 0) is 11.2 Å². The van der Waals surface area contributed by atoms with E-state index in [0.29, 0.717) is 13.2 Å². The number of methoxy groups -OCH3 is 1. The Morgan fingerprint density at radius 1 is 1.25 bits per heavy atom. The zero-order chi connectivity index (χ0) is 19.9. The molecule has 1 aliphatic heterocycles. The maximum absolute atomic E-state index is 12.1.